The van der Waals surface area contributed by atoms with E-state index < -0.39 is 9.84 Å². The molecule has 5 nitrogen and oxygen atoms in total. The predicted molar refractivity (Wildman–Crippen MR) is 57.2 cm³/mol. The lowest BCUT2D eigenvalue weighted by Crippen LogP contribution is -2.01. The molecule has 0 aliphatic rings. The lowest BCUT2D eigenvalue weighted by molar-refractivity contribution is 0.600. The van der Waals surface area contributed by atoms with Crippen LogP contribution in [0.4, 0.5) is 0 Å². The van der Waals surface area contributed by atoms with Crippen molar-refractivity contribution in [2.75, 3.05) is 6.26 Å². The molecule has 0 atom stereocenters. The number of nitrogens with one attached hydrogen (secondary N) is 1. The molecule has 0 saturated carbocycles. The number of aromatic nitrogens is 3. The zero-order chi connectivity index (χ0) is 11.1. The Morgan fingerprint density at radius 1 is 1.33 bits per heavy atom. The highest BCUT2D eigenvalue weighted by Crippen LogP contribution is 2.10. The van der Waals surface area contributed by atoms with Gasteiger partial charge in [-0.3, -0.25) is 0 Å². The molecule has 2 aromatic heterocycles. The fraction of sp³-hybridized carbons (Fsp3) is 0.333. The van der Waals surface area contributed by atoms with E-state index in [1.165, 1.54) is 6.26 Å². The van der Waals surface area contributed by atoms with Gasteiger partial charge >= 0.3 is 0 Å². The minimum atomic E-state index is -3.06. The highest BCUT2D eigenvalue weighted by atomic mass is 32.2. The molecular weight excluding hydrogens is 214 g/mol. The first-order valence-corrected chi connectivity index (χ1v) is 6.50. The van der Waals surface area contributed by atoms with Crippen molar-refractivity contribution >= 4 is 21.0 Å². The number of fused-ring (bicyclic) bond motifs is 1. The van der Waals surface area contributed by atoms with Gasteiger partial charge in [-0.25, -0.2) is 18.4 Å². The number of pyridine rings is 1. The van der Waals surface area contributed by atoms with Gasteiger partial charge in [-0.05, 0) is 19.1 Å². The Hall–Kier alpha value is -1.43. The molecule has 2 heterocycles. The molecule has 2 rings (SSSR count). The summed E-state index contributed by atoms with van der Waals surface area (Å²) in [6.07, 6.45) is 1.18. The van der Waals surface area contributed by atoms with Crippen LogP contribution in [0.2, 0.25) is 0 Å². The van der Waals surface area contributed by atoms with Crippen LogP contribution in [0.3, 0.4) is 0 Å². The van der Waals surface area contributed by atoms with Crippen LogP contribution < -0.4 is 0 Å². The van der Waals surface area contributed by atoms with E-state index in [0.29, 0.717) is 11.5 Å². The summed E-state index contributed by atoms with van der Waals surface area (Å²) in [7, 11) is -3.06. The van der Waals surface area contributed by atoms with Crippen molar-refractivity contribution in [2.45, 2.75) is 12.7 Å². The van der Waals surface area contributed by atoms with E-state index in [9.17, 15) is 8.42 Å². The average Bonchev–Trinajstić information content (AvgIpc) is 2.42. The quantitative estimate of drug-likeness (QED) is 0.820. The van der Waals surface area contributed by atoms with Crippen molar-refractivity contribution in [3.8, 4) is 0 Å². The zero-order valence-corrected chi connectivity index (χ0v) is 9.30. The van der Waals surface area contributed by atoms with Crippen molar-refractivity contribution < 1.29 is 8.42 Å². The van der Waals surface area contributed by atoms with E-state index in [0.717, 1.165) is 11.2 Å². The number of aromatic amines is 1. The van der Waals surface area contributed by atoms with Crippen molar-refractivity contribution in [3.05, 3.63) is 23.7 Å². The van der Waals surface area contributed by atoms with Gasteiger partial charge in [0.2, 0.25) is 0 Å². The smallest absolute Gasteiger partial charge is 0.177 e. The van der Waals surface area contributed by atoms with Gasteiger partial charge in [0.1, 0.15) is 11.6 Å². The molecule has 0 saturated heterocycles. The third-order valence-electron chi connectivity index (χ3n) is 1.93. The first-order valence-electron chi connectivity index (χ1n) is 4.44. The van der Waals surface area contributed by atoms with Crippen molar-refractivity contribution in [3.63, 3.8) is 0 Å². The van der Waals surface area contributed by atoms with Gasteiger partial charge in [-0.1, -0.05) is 0 Å². The highest BCUT2D eigenvalue weighted by Gasteiger charge is 2.09. The standard InChI is InChI=1S/C9H11N3O2S/c1-6-3-4-7-9(10-6)12-8(11-7)5-15(2,13)14/h3-4H,5H2,1-2H3,(H,10,11,12). The maximum absolute atomic E-state index is 11.1. The first kappa shape index (κ1) is 10.1. The summed E-state index contributed by atoms with van der Waals surface area (Å²) in [6.45, 7) is 1.87. The summed E-state index contributed by atoms with van der Waals surface area (Å²) >= 11 is 0. The van der Waals surface area contributed by atoms with Gasteiger partial charge in [0.05, 0.1) is 5.52 Å². The maximum Gasteiger partial charge on any atom is 0.177 e. The minimum Gasteiger partial charge on any atom is -0.340 e. The molecule has 6 heteroatoms. The molecule has 15 heavy (non-hydrogen) atoms. The summed E-state index contributed by atoms with van der Waals surface area (Å²) in [5.74, 6) is 0.355. The largest absolute Gasteiger partial charge is 0.340 e. The van der Waals surface area contributed by atoms with Crippen LogP contribution in [-0.4, -0.2) is 29.6 Å². The topological polar surface area (TPSA) is 75.7 Å². The normalized spacial score (nSPS) is 12.1. The number of rotatable bonds is 2. The number of H-pyrrole nitrogens is 1. The van der Waals surface area contributed by atoms with Crippen LogP contribution in [0.1, 0.15) is 11.5 Å². The van der Waals surface area contributed by atoms with Crippen LogP contribution >= 0.6 is 0 Å². The number of hydrogen-bond acceptors (Lipinski definition) is 4. The number of nitrogens with zero attached hydrogens (tertiary/aromatic N) is 2. The lowest BCUT2D eigenvalue weighted by atomic mass is 10.4. The van der Waals surface area contributed by atoms with E-state index in [1.54, 1.807) is 0 Å². The summed E-state index contributed by atoms with van der Waals surface area (Å²) in [5.41, 5.74) is 2.19. The average molecular weight is 225 g/mol. The maximum atomic E-state index is 11.1. The molecule has 0 unspecified atom stereocenters. The molecule has 0 fully saturated rings. The van der Waals surface area contributed by atoms with Gasteiger partial charge in [0, 0.05) is 11.9 Å². The highest BCUT2D eigenvalue weighted by molar-refractivity contribution is 7.89. The Balaban J connectivity index is 2.48. The van der Waals surface area contributed by atoms with E-state index >= 15 is 0 Å². The first-order chi connectivity index (χ1) is 6.94. The van der Waals surface area contributed by atoms with Crippen LogP contribution in [0.25, 0.3) is 11.2 Å². The lowest BCUT2D eigenvalue weighted by Gasteiger charge is -1.90. The Morgan fingerprint density at radius 2 is 2.07 bits per heavy atom. The van der Waals surface area contributed by atoms with E-state index in [-0.39, 0.29) is 5.75 Å². The molecular formula is C9H11N3O2S. The molecule has 0 aromatic carbocycles. The summed E-state index contributed by atoms with van der Waals surface area (Å²) in [4.78, 5) is 11.2. The second kappa shape index (κ2) is 3.30. The fourth-order valence-corrected chi connectivity index (χ4v) is 1.99. The molecule has 80 valence electrons. The van der Waals surface area contributed by atoms with Crippen LogP contribution in [0, 0.1) is 6.92 Å². The van der Waals surface area contributed by atoms with E-state index in [4.69, 9.17) is 0 Å². The Kier molecular flexibility index (Phi) is 2.22. The summed E-state index contributed by atoms with van der Waals surface area (Å²) in [5, 5.41) is 0. The molecule has 0 bridgehead atoms. The van der Waals surface area contributed by atoms with Crippen LogP contribution in [-0.2, 0) is 15.6 Å². The second-order valence-electron chi connectivity index (χ2n) is 3.58. The molecule has 1 N–H and O–H groups in total. The molecule has 0 radical (unpaired) electrons. The Bertz CT molecular complexity index is 601. The third kappa shape index (κ3) is 2.33. The molecule has 0 spiro atoms. The van der Waals surface area contributed by atoms with Crippen LogP contribution in [0.5, 0.6) is 0 Å². The minimum absolute atomic E-state index is 0.0809. The monoisotopic (exact) mass is 225 g/mol. The van der Waals surface area contributed by atoms with E-state index in [1.807, 2.05) is 19.1 Å². The van der Waals surface area contributed by atoms with Crippen LogP contribution in [0.15, 0.2) is 12.1 Å². The number of aryl methyl sites for hydroxylation is 1. The summed E-state index contributed by atoms with van der Waals surface area (Å²) in [6, 6.07) is 3.70. The molecule has 0 aliphatic carbocycles. The number of imidazole rings is 1. The van der Waals surface area contributed by atoms with Gasteiger partial charge in [-0.15, -0.1) is 0 Å². The van der Waals surface area contributed by atoms with Gasteiger partial charge in [-0.2, -0.15) is 0 Å². The molecule has 0 amide bonds. The van der Waals surface area contributed by atoms with Crippen molar-refractivity contribution in [1.29, 1.82) is 0 Å². The molecule has 2 aromatic rings. The zero-order valence-electron chi connectivity index (χ0n) is 8.48. The van der Waals surface area contributed by atoms with Crippen molar-refractivity contribution in [1.82, 2.24) is 15.0 Å². The number of hydrogen-bond donors (Lipinski definition) is 1. The summed E-state index contributed by atoms with van der Waals surface area (Å²) < 4.78 is 22.1. The second-order valence-corrected chi connectivity index (χ2v) is 5.72. The van der Waals surface area contributed by atoms with Gasteiger partial charge < -0.3 is 4.98 Å². The van der Waals surface area contributed by atoms with Gasteiger partial charge in [0.15, 0.2) is 15.5 Å². The Labute approximate surface area is 87.5 Å². The fourth-order valence-electron chi connectivity index (χ4n) is 1.35. The van der Waals surface area contributed by atoms with E-state index in [2.05, 4.69) is 15.0 Å². The Morgan fingerprint density at radius 3 is 2.73 bits per heavy atom. The van der Waals surface area contributed by atoms with Gasteiger partial charge in [0.25, 0.3) is 0 Å². The van der Waals surface area contributed by atoms with Crippen molar-refractivity contribution in [2.24, 2.45) is 0 Å². The number of sulfone groups is 1. The third-order valence-corrected chi connectivity index (χ3v) is 2.73. The SMILES string of the molecule is Cc1ccc2[nH]c(CS(C)(=O)=O)nc2n1. The predicted octanol–water partition coefficient (Wildman–Crippen LogP) is 0.811. The molecule has 0 aliphatic heterocycles.